The van der Waals surface area contributed by atoms with Crippen molar-refractivity contribution in [1.82, 2.24) is 5.32 Å². The zero-order chi connectivity index (χ0) is 17.4. The lowest BCUT2D eigenvalue weighted by molar-refractivity contribution is -0.120. The molecule has 0 aliphatic carbocycles. The number of amides is 1. The van der Waals surface area contributed by atoms with Crippen LogP contribution in [0.25, 0.3) is 0 Å². The highest BCUT2D eigenvalue weighted by Gasteiger charge is 2.12. The highest BCUT2D eigenvalue weighted by molar-refractivity contribution is 5.79. The maximum atomic E-state index is 12.3. The Labute approximate surface area is 139 Å². The van der Waals surface area contributed by atoms with Gasteiger partial charge in [0.1, 0.15) is 5.75 Å². The Morgan fingerprint density at radius 3 is 2.42 bits per heavy atom. The second-order valence-corrected chi connectivity index (χ2v) is 5.24. The molecule has 2 aromatic carbocycles. The van der Waals surface area contributed by atoms with E-state index >= 15 is 0 Å². The third kappa shape index (κ3) is 5.62. The molecule has 2 aromatic rings. The number of hydrogen-bond acceptors (Lipinski definition) is 3. The van der Waals surface area contributed by atoms with Crippen molar-refractivity contribution in [2.24, 2.45) is 0 Å². The van der Waals surface area contributed by atoms with Gasteiger partial charge < -0.3 is 15.2 Å². The SMILES string of the molecule is O=C(Cc1ccccc1OC(F)F)NCCc1ccc(CO)cc1. The molecule has 0 saturated heterocycles. The minimum atomic E-state index is -2.92. The van der Waals surface area contributed by atoms with Gasteiger partial charge in [-0.1, -0.05) is 42.5 Å². The zero-order valence-corrected chi connectivity index (χ0v) is 13.0. The van der Waals surface area contributed by atoms with Crippen LogP contribution >= 0.6 is 0 Å². The van der Waals surface area contributed by atoms with E-state index in [1.807, 2.05) is 24.3 Å². The van der Waals surface area contributed by atoms with Crippen LogP contribution < -0.4 is 10.1 Å². The van der Waals surface area contributed by atoms with Gasteiger partial charge in [0.05, 0.1) is 13.0 Å². The topological polar surface area (TPSA) is 58.6 Å². The lowest BCUT2D eigenvalue weighted by Gasteiger charge is -2.11. The van der Waals surface area contributed by atoms with E-state index in [-0.39, 0.29) is 24.7 Å². The summed E-state index contributed by atoms with van der Waals surface area (Å²) in [4.78, 5) is 12.0. The molecule has 0 unspecified atom stereocenters. The van der Waals surface area contributed by atoms with Crippen LogP contribution in [0.1, 0.15) is 16.7 Å². The fourth-order valence-electron chi connectivity index (χ4n) is 2.25. The van der Waals surface area contributed by atoms with Gasteiger partial charge in [-0.15, -0.1) is 0 Å². The summed E-state index contributed by atoms with van der Waals surface area (Å²) in [5.41, 5.74) is 2.29. The molecule has 24 heavy (non-hydrogen) atoms. The minimum Gasteiger partial charge on any atom is -0.435 e. The van der Waals surface area contributed by atoms with Crippen LogP contribution in [-0.4, -0.2) is 24.2 Å². The van der Waals surface area contributed by atoms with Gasteiger partial charge in [0.2, 0.25) is 5.91 Å². The number of para-hydroxylation sites is 1. The summed E-state index contributed by atoms with van der Waals surface area (Å²) >= 11 is 0. The number of hydrogen-bond donors (Lipinski definition) is 2. The third-order valence-electron chi connectivity index (χ3n) is 3.48. The van der Waals surface area contributed by atoms with Crippen LogP contribution in [0.3, 0.4) is 0 Å². The zero-order valence-electron chi connectivity index (χ0n) is 13.0. The van der Waals surface area contributed by atoms with Gasteiger partial charge in [0.25, 0.3) is 0 Å². The second-order valence-electron chi connectivity index (χ2n) is 5.24. The fourth-order valence-corrected chi connectivity index (χ4v) is 2.25. The first kappa shape index (κ1) is 17.9. The predicted octanol–water partition coefficient (Wildman–Crippen LogP) is 2.68. The highest BCUT2D eigenvalue weighted by Crippen LogP contribution is 2.20. The van der Waals surface area contributed by atoms with Gasteiger partial charge in [-0.3, -0.25) is 4.79 Å². The van der Waals surface area contributed by atoms with Crippen molar-refractivity contribution in [3.05, 3.63) is 65.2 Å². The molecule has 0 bridgehead atoms. The lowest BCUT2D eigenvalue weighted by Crippen LogP contribution is -2.27. The molecule has 1 amide bonds. The van der Waals surface area contributed by atoms with Gasteiger partial charge in [-0.2, -0.15) is 8.78 Å². The Morgan fingerprint density at radius 1 is 1.08 bits per heavy atom. The molecule has 128 valence electrons. The van der Waals surface area contributed by atoms with Crippen molar-refractivity contribution in [1.29, 1.82) is 0 Å². The van der Waals surface area contributed by atoms with E-state index < -0.39 is 6.61 Å². The van der Waals surface area contributed by atoms with E-state index in [9.17, 15) is 13.6 Å². The number of aliphatic hydroxyl groups is 1. The van der Waals surface area contributed by atoms with Crippen LogP contribution in [0.5, 0.6) is 5.75 Å². The quantitative estimate of drug-likeness (QED) is 0.780. The molecule has 0 radical (unpaired) electrons. The maximum absolute atomic E-state index is 12.3. The van der Waals surface area contributed by atoms with Crippen LogP contribution in [0, 0.1) is 0 Å². The molecule has 0 spiro atoms. The molecular formula is C18H19F2NO3. The van der Waals surface area contributed by atoms with Gasteiger partial charge in [0, 0.05) is 12.1 Å². The van der Waals surface area contributed by atoms with E-state index in [2.05, 4.69) is 10.1 Å². The number of ether oxygens (including phenoxy) is 1. The summed E-state index contributed by atoms with van der Waals surface area (Å²) in [6.45, 7) is -2.48. The fraction of sp³-hybridized carbons (Fsp3) is 0.278. The molecule has 2 rings (SSSR count). The smallest absolute Gasteiger partial charge is 0.387 e. The van der Waals surface area contributed by atoms with Crippen LogP contribution in [0.4, 0.5) is 8.78 Å². The van der Waals surface area contributed by atoms with Crippen molar-refractivity contribution < 1.29 is 23.4 Å². The van der Waals surface area contributed by atoms with Crippen molar-refractivity contribution in [3.8, 4) is 5.75 Å². The average molecular weight is 335 g/mol. The monoisotopic (exact) mass is 335 g/mol. The summed E-state index contributed by atoms with van der Waals surface area (Å²) in [7, 11) is 0. The number of carbonyl (C=O) groups is 1. The van der Waals surface area contributed by atoms with Crippen molar-refractivity contribution in [2.75, 3.05) is 6.54 Å². The minimum absolute atomic E-state index is 0.00286. The Hall–Kier alpha value is -2.47. The van der Waals surface area contributed by atoms with Crippen LogP contribution in [-0.2, 0) is 24.2 Å². The van der Waals surface area contributed by atoms with Crippen molar-refractivity contribution in [2.45, 2.75) is 26.1 Å². The third-order valence-corrected chi connectivity index (χ3v) is 3.48. The first-order valence-corrected chi connectivity index (χ1v) is 7.56. The van der Waals surface area contributed by atoms with Crippen molar-refractivity contribution in [3.63, 3.8) is 0 Å². The lowest BCUT2D eigenvalue weighted by atomic mass is 10.1. The molecule has 2 N–H and O–H groups in total. The molecular weight excluding hydrogens is 316 g/mol. The number of rotatable bonds is 8. The summed E-state index contributed by atoms with van der Waals surface area (Å²) in [5.74, 6) is -0.241. The number of alkyl halides is 2. The highest BCUT2D eigenvalue weighted by atomic mass is 19.3. The summed E-state index contributed by atoms with van der Waals surface area (Å²) in [6, 6.07) is 13.7. The first-order chi connectivity index (χ1) is 11.6. The molecule has 0 aliphatic rings. The molecule has 0 aromatic heterocycles. The molecule has 0 saturated carbocycles. The van der Waals surface area contributed by atoms with Crippen molar-refractivity contribution >= 4 is 5.91 Å². The van der Waals surface area contributed by atoms with Gasteiger partial charge in [-0.05, 0) is 23.6 Å². The average Bonchev–Trinajstić information content (AvgIpc) is 2.57. The van der Waals surface area contributed by atoms with E-state index in [0.717, 1.165) is 11.1 Å². The molecule has 0 fully saturated rings. The maximum Gasteiger partial charge on any atom is 0.387 e. The number of halogens is 2. The normalized spacial score (nSPS) is 10.7. The summed E-state index contributed by atoms with van der Waals surface area (Å²) in [6.07, 6.45) is 0.624. The first-order valence-electron chi connectivity index (χ1n) is 7.56. The Morgan fingerprint density at radius 2 is 1.75 bits per heavy atom. The second kappa shape index (κ2) is 8.98. The Kier molecular flexibility index (Phi) is 6.69. The van der Waals surface area contributed by atoms with Crippen LogP contribution in [0.15, 0.2) is 48.5 Å². The standard InChI is InChI=1S/C18H19F2NO3/c19-18(20)24-16-4-2-1-3-15(16)11-17(23)21-10-9-13-5-7-14(12-22)8-6-13/h1-8,18,22H,9-12H2,(H,21,23). The Balaban J connectivity index is 1.83. The summed E-state index contributed by atoms with van der Waals surface area (Å²) in [5, 5.41) is 11.7. The van der Waals surface area contributed by atoms with Gasteiger partial charge in [0.15, 0.2) is 0 Å². The van der Waals surface area contributed by atoms with E-state index in [1.54, 1.807) is 18.2 Å². The van der Waals surface area contributed by atoms with E-state index in [4.69, 9.17) is 5.11 Å². The van der Waals surface area contributed by atoms with Gasteiger partial charge >= 0.3 is 6.61 Å². The summed E-state index contributed by atoms with van der Waals surface area (Å²) < 4.78 is 29.1. The predicted molar refractivity (Wildman–Crippen MR) is 85.9 cm³/mol. The number of carbonyl (C=O) groups excluding carboxylic acids is 1. The number of aliphatic hydroxyl groups excluding tert-OH is 1. The molecule has 0 aliphatic heterocycles. The number of benzene rings is 2. The number of nitrogens with one attached hydrogen (secondary N) is 1. The van der Waals surface area contributed by atoms with E-state index in [1.165, 1.54) is 6.07 Å². The van der Waals surface area contributed by atoms with Gasteiger partial charge in [-0.25, -0.2) is 0 Å². The molecule has 0 heterocycles. The largest absolute Gasteiger partial charge is 0.435 e. The molecule has 4 nitrogen and oxygen atoms in total. The molecule has 6 heteroatoms. The van der Waals surface area contributed by atoms with Crippen LogP contribution in [0.2, 0.25) is 0 Å². The Bertz CT molecular complexity index is 660. The van der Waals surface area contributed by atoms with E-state index in [0.29, 0.717) is 18.5 Å². The molecule has 0 atom stereocenters.